The molecule has 0 saturated carbocycles. The monoisotopic (exact) mass is 445 g/mol. The number of aromatic nitrogens is 3. The average molecular weight is 446 g/mol. The number of amides is 1. The molecule has 1 saturated heterocycles. The number of fused-ring (bicyclic) bond motifs is 1. The minimum absolute atomic E-state index is 0.0170. The van der Waals surface area contributed by atoms with Gasteiger partial charge < -0.3 is 0 Å². The van der Waals surface area contributed by atoms with Gasteiger partial charge in [0.15, 0.2) is 0 Å². The number of aryl methyl sites for hydroxylation is 1. The molecule has 1 atom stereocenters. The second-order valence-corrected chi connectivity index (χ2v) is 8.98. The lowest BCUT2D eigenvalue weighted by Crippen LogP contribution is -2.38. The number of pyridine rings is 1. The molecule has 2 aliphatic rings. The maximum atomic E-state index is 14.3. The number of carbonyl (C=O) groups excluding carboxylic acids is 1. The van der Waals surface area contributed by atoms with Gasteiger partial charge in [0.25, 0.3) is 0 Å². The molecule has 2 aliphatic heterocycles. The Kier molecular flexibility index (Phi) is 6.13. The van der Waals surface area contributed by atoms with Crippen molar-refractivity contribution in [3.05, 3.63) is 82.8 Å². The molecular formula is C26H28FN5O. The lowest BCUT2D eigenvalue weighted by atomic mass is 9.95. The zero-order valence-corrected chi connectivity index (χ0v) is 18.9. The van der Waals surface area contributed by atoms with E-state index in [1.165, 1.54) is 11.6 Å². The number of rotatable bonds is 5. The van der Waals surface area contributed by atoms with Crippen LogP contribution in [0.25, 0.3) is 0 Å². The fourth-order valence-electron chi connectivity index (χ4n) is 4.91. The minimum Gasteiger partial charge on any atom is -0.298 e. The van der Waals surface area contributed by atoms with E-state index in [1.807, 2.05) is 19.2 Å². The number of piperidine rings is 1. The summed E-state index contributed by atoms with van der Waals surface area (Å²) in [5.74, 6) is 1.32. The van der Waals surface area contributed by atoms with Gasteiger partial charge in [-0.05, 0) is 50.4 Å². The van der Waals surface area contributed by atoms with Crippen LogP contribution in [0, 0.1) is 12.7 Å². The number of carbonyl (C=O) groups is 1. The van der Waals surface area contributed by atoms with Crippen molar-refractivity contribution in [3.63, 3.8) is 0 Å². The largest absolute Gasteiger partial charge is 0.298 e. The smallest absolute Gasteiger partial charge is 0.228 e. The minimum atomic E-state index is -0.304. The highest BCUT2D eigenvalue weighted by atomic mass is 19.1. The second kappa shape index (κ2) is 9.35. The fraction of sp³-hybridized carbons (Fsp3) is 0.385. The predicted molar refractivity (Wildman–Crippen MR) is 124 cm³/mol. The Morgan fingerprint density at radius 1 is 1.09 bits per heavy atom. The van der Waals surface area contributed by atoms with E-state index in [0.717, 1.165) is 49.6 Å². The first-order chi connectivity index (χ1) is 16.1. The van der Waals surface area contributed by atoms with Gasteiger partial charge in [-0.1, -0.05) is 24.3 Å². The van der Waals surface area contributed by atoms with Crippen molar-refractivity contribution in [1.29, 1.82) is 0 Å². The van der Waals surface area contributed by atoms with E-state index < -0.39 is 0 Å². The molecule has 7 heteroatoms. The molecule has 2 aromatic heterocycles. The molecule has 0 N–H and O–H groups in total. The van der Waals surface area contributed by atoms with Crippen LogP contribution in [0.4, 0.5) is 10.2 Å². The third kappa shape index (κ3) is 4.64. The van der Waals surface area contributed by atoms with E-state index in [0.29, 0.717) is 24.2 Å². The summed E-state index contributed by atoms with van der Waals surface area (Å²) in [5, 5.41) is 0. The van der Waals surface area contributed by atoms with Gasteiger partial charge in [-0.2, -0.15) is 0 Å². The molecule has 4 heterocycles. The number of anilines is 1. The Bertz CT molecular complexity index is 1150. The van der Waals surface area contributed by atoms with Crippen molar-refractivity contribution < 1.29 is 9.18 Å². The summed E-state index contributed by atoms with van der Waals surface area (Å²) in [6.07, 6.45) is 6.82. The molecule has 5 rings (SSSR count). The maximum Gasteiger partial charge on any atom is 0.228 e. The van der Waals surface area contributed by atoms with E-state index in [4.69, 9.17) is 9.97 Å². The Morgan fingerprint density at radius 3 is 2.79 bits per heavy atom. The molecule has 0 bridgehead atoms. The predicted octanol–water partition coefficient (Wildman–Crippen LogP) is 4.18. The number of halogens is 1. The second-order valence-electron chi connectivity index (χ2n) is 8.98. The van der Waals surface area contributed by atoms with Crippen LogP contribution >= 0.6 is 0 Å². The number of hydrogen-bond acceptors (Lipinski definition) is 5. The van der Waals surface area contributed by atoms with Gasteiger partial charge in [0.05, 0.1) is 6.54 Å². The summed E-state index contributed by atoms with van der Waals surface area (Å²) in [5.41, 5.74) is 3.61. The van der Waals surface area contributed by atoms with Crippen molar-refractivity contribution in [2.75, 3.05) is 18.0 Å². The summed E-state index contributed by atoms with van der Waals surface area (Å²) in [6, 6.07) is 10.7. The molecule has 1 amide bonds. The fourth-order valence-corrected chi connectivity index (χ4v) is 4.91. The maximum absolute atomic E-state index is 14.3. The molecule has 1 aromatic carbocycles. The van der Waals surface area contributed by atoms with Crippen molar-refractivity contribution in [2.24, 2.45) is 0 Å². The van der Waals surface area contributed by atoms with Gasteiger partial charge in [-0.25, -0.2) is 14.4 Å². The molecule has 3 aromatic rings. The van der Waals surface area contributed by atoms with Crippen molar-refractivity contribution in [2.45, 2.75) is 51.6 Å². The Balaban J connectivity index is 1.42. The quantitative estimate of drug-likeness (QED) is 0.590. The van der Waals surface area contributed by atoms with Gasteiger partial charge in [-0.3, -0.25) is 19.6 Å². The molecule has 170 valence electrons. The molecule has 0 radical (unpaired) electrons. The van der Waals surface area contributed by atoms with Gasteiger partial charge in [0.2, 0.25) is 5.91 Å². The molecule has 1 unspecified atom stereocenters. The molecule has 33 heavy (non-hydrogen) atoms. The van der Waals surface area contributed by atoms with Gasteiger partial charge in [-0.15, -0.1) is 0 Å². The van der Waals surface area contributed by atoms with Crippen LogP contribution in [0.15, 0.2) is 48.8 Å². The van der Waals surface area contributed by atoms with E-state index in [2.05, 4.69) is 16.0 Å². The summed E-state index contributed by atoms with van der Waals surface area (Å²) < 4.78 is 14.3. The third-order valence-electron chi connectivity index (χ3n) is 6.64. The highest BCUT2D eigenvalue weighted by Gasteiger charge is 2.31. The third-order valence-corrected chi connectivity index (χ3v) is 6.64. The molecule has 0 spiro atoms. The van der Waals surface area contributed by atoms with Gasteiger partial charge >= 0.3 is 0 Å². The van der Waals surface area contributed by atoms with Crippen LogP contribution in [-0.4, -0.2) is 38.8 Å². The number of benzene rings is 1. The first-order valence-electron chi connectivity index (χ1n) is 11.6. The summed E-state index contributed by atoms with van der Waals surface area (Å²) in [7, 11) is 0. The summed E-state index contributed by atoms with van der Waals surface area (Å²) >= 11 is 0. The van der Waals surface area contributed by atoms with E-state index in [9.17, 15) is 9.18 Å². The first kappa shape index (κ1) is 21.6. The van der Waals surface area contributed by atoms with Crippen molar-refractivity contribution in [3.8, 4) is 0 Å². The number of nitrogens with zero attached hydrogens (tertiary/aromatic N) is 5. The van der Waals surface area contributed by atoms with Crippen LogP contribution < -0.4 is 4.90 Å². The first-order valence-corrected chi connectivity index (χ1v) is 11.6. The van der Waals surface area contributed by atoms with Gasteiger partial charge in [0.1, 0.15) is 17.5 Å². The Morgan fingerprint density at radius 2 is 1.97 bits per heavy atom. The van der Waals surface area contributed by atoms with Crippen molar-refractivity contribution >= 4 is 11.7 Å². The highest BCUT2D eigenvalue weighted by Crippen LogP contribution is 2.33. The highest BCUT2D eigenvalue weighted by molar-refractivity contribution is 5.95. The van der Waals surface area contributed by atoms with Crippen LogP contribution in [0.3, 0.4) is 0 Å². The van der Waals surface area contributed by atoms with Crippen molar-refractivity contribution in [1.82, 2.24) is 19.9 Å². The standard InChI is InChI=1S/C26H28FN5O/c1-18-22-10-11-24(33)32(17-20-7-2-3-9-23(20)27)26(22)30-25(29-18)21-8-5-13-31(16-21)15-19-6-4-12-28-14-19/h2-4,6-7,9,12,14,21H,5,8,10-11,13,15-17H2,1H3. The van der Waals surface area contributed by atoms with E-state index in [-0.39, 0.29) is 24.2 Å². The van der Waals surface area contributed by atoms with Crippen LogP contribution in [-0.2, 0) is 24.3 Å². The molecule has 6 nitrogen and oxygen atoms in total. The lowest BCUT2D eigenvalue weighted by molar-refractivity contribution is -0.119. The Hall–Kier alpha value is -3.19. The topological polar surface area (TPSA) is 62.2 Å². The van der Waals surface area contributed by atoms with E-state index >= 15 is 0 Å². The zero-order chi connectivity index (χ0) is 22.8. The van der Waals surface area contributed by atoms with Crippen LogP contribution in [0.2, 0.25) is 0 Å². The number of likely N-dealkylation sites (tertiary alicyclic amines) is 1. The molecular weight excluding hydrogens is 417 g/mol. The summed E-state index contributed by atoms with van der Waals surface area (Å²) in [4.78, 5) is 31.0. The molecule has 0 aliphatic carbocycles. The lowest BCUT2D eigenvalue weighted by Gasteiger charge is -2.34. The van der Waals surface area contributed by atoms with Crippen LogP contribution in [0.1, 0.15) is 53.4 Å². The summed E-state index contributed by atoms with van der Waals surface area (Å²) in [6.45, 7) is 4.94. The van der Waals surface area contributed by atoms with E-state index in [1.54, 1.807) is 29.3 Å². The van der Waals surface area contributed by atoms with Gasteiger partial charge in [0, 0.05) is 54.6 Å². The molecule has 1 fully saturated rings. The van der Waals surface area contributed by atoms with Crippen LogP contribution in [0.5, 0.6) is 0 Å². The Labute approximate surface area is 193 Å². The zero-order valence-electron chi connectivity index (χ0n) is 18.9. The number of hydrogen-bond donors (Lipinski definition) is 0. The SMILES string of the molecule is Cc1nc(C2CCCN(Cc3cccnc3)C2)nc2c1CCC(=O)N2Cc1ccccc1F. The normalized spacial score (nSPS) is 18.9. The average Bonchev–Trinajstić information content (AvgIpc) is 2.83.